The lowest BCUT2D eigenvalue weighted by atomic mass is 10.3. The van der Waals surface area contributed by atoms with Crippen LogP contribution in [-0.2, 0) is 16.3 Å². The number of rotatable bonds is 8. The van der Waals surface area contributed by atoms with Crippen molar-refractivity contribution in [1.29, 1.82) is 0 Å². The molecule has 6 heteroatoms. The van der Waals surface area contributed by atoms with Gasteiger partial charge in [0, 0.05) is 6.04 Å². The first-order valence-electron chi connectivity index (χ1n) is 5.66. The van der Waals surface area contributed by atoms with Crippen LogP contribution in [0.1, 0.15) is 41.0 Å². The Morgan fingerprint density at radius 2 is 2.06 bits per heavy atom. The first-order chi connectivity index (χ1) is 7.43. The zero-order valence-electron chi connectivity index (χ0n) is 10.8. The maximum absolute atomic E-state index is 5.78. The molecule has 0 aliphatic heterocycles. The van der Waals surface area contributed by atoms with Gasteiger partial charge in [-0.25, -0.2) is 0 Å². The largest absolute Gasteiger partial charge is 0.324 e. The molecule has 0 radical (unpaired) electrons. The van der Waals surface area contributed by atoms with Crippen molar-refractivity contribution in [3.8, 4) is 0 Å². The fourth-order valence-electron chi connectivity index (χ4n) is 0.882. The molecule has 0 fully saturated rings. The third kappa shape index (κ3) is 7.66. The molecule has 0 spiro atoms. The van der Waals surface area contributed by atoms with Crippen LogP contribution in [0.5, 0.6) is 0 Å². The summed E-state index contributed by atoms with van der Waals surface area (Å²) in [5, 5.41) is 3.17. The van der Waals surface area contributed by atoms with Gasteiger partial charge < -0.3 is 9.61 Å². The van der Waals surface area contributed by atoms with Gasteiger partial charge in [-0.2, -0.15) is 0 Å². The molecule has 16 heavy (non-hydrogen) atoms. The van der Waals surface area contributed by atoms with Crippen molar-refractivity contribution in [3.63, 3.8) is 0 Å². The zero-order chi connectivity index (χ0) is 12.6. The van der Waals surface area contributed by atoms with E-state index in [-0.39, 0.29) is 6.10 Å². The molecule has 0 aliphatic carbocycles. The van der Waals surface area contributed by atoms with Gasteiger partial charge in [0.05, 0.1) is 12.4 Å². The summed E-state index contributed by atoms with van der Waals surface area (Å²) in [6, 6.07) is 0.335. The summed E-state index contributed by atoms with van der Waals surface area (Å²) in [5.41, 5.74) is -1.99. The van der Waals surface area contributed by atoms with Crippen molar-refractivity contribution in [2.45, 2.75) is 53.2 Å². The van der Waals surface area contributed by atoms with Gasteiger partial charge in [-0.3, -0.25) is 4.99 Å². The van der Waals surface area contributed by atoms with Crippen molar-refractivity contribution in [2.24, 2.45) is 4.99 Å². The zero-order valence-corrected chi connectivity index (χ0v) is 13.3. The normalized spacial score (nSPS) is 17.6. The molecule has 0 aromatic rings. The predicted octanol–water partition coefficient (Wildman–Crippen LogP) is 3.81. The van der Waals surface area contributed by atoms with Crippen LogP contribution in [-0.4, -0.2) is 24.2 Å². The smallest absolute Gasteiger partial charge is 0.211 e. The van der Waals surface area contributed by atoms with Gasteiger partial charge >= 0.3 is 0 Å². The molecule has 3 nitrogen and oxygen atoms in total. The molecule has 2 atom stereocenters. The maximum atomic E-state index is 5.78. The van der Waals surface area contributed by atoms with Crippen molar-refractivity contribution in [1.82, 2.24) is 5.09 Å². The molecule has 2 unspecified atom stereocenters. The highest BCUT2D eigenvalue weighted by Gasteiger charge is 2.17. The topological polar surface area (TPSA) is 33.6 Å². The summed E-state index contributed by atoms with van der Waals surface area (Å²) in [5.74, 6) is 0.953. The Morgan fingerprint density at radius 1 is 1.44 bits per heavy atom. The van der Waals surface area contributed by atoms with Crippen LogP contribution in [0.25, 0.3) is 0 Å². The molecule has 0 amide bonds. The van der Waals surface area contributed by atoms with E-state index in [4.69, 9.17) is 16.3 Å². The summed E-state index contributed by atoms with van der Waals surface area (Å²) < 4.78 is 5.78. The Morgan fingerprint density at radius 3 is 2.50 bits per heavy atom. The van der Waals surface area contributed by atoms with E-state index < -0.39 is 5.62 Å². The Kier molecular flexibility index (Phi) is 8.74. The quantitative estimate of drug-likeness (QED) is 0.417. The van der Waals surface area contributed by atoms with Crippen LogP contribution in [0.2, 0.25) is 0 Å². The minimum Gasteiger partial charge on any atom is -0.324 e. The maximum Gasteiger partial charge on any atom is 0.211 e. The third-order valence-electron chi connectivity index (χ3n) is 1.78. The molecule has 0 rings (SSSR count). The summed E-state index contributed by atoms with van der Waals surface area (Å²) in [4.78, 5) is 4.35. The van der Waals surface area contributed by atoms with Crippen LogP contribution in [0.15, 0.2) is 4.99 Å². The first-order valence-corrected chi connectivity index (χ1v) is 9.97. The molecule has 96 valence electrons. The molecule has 0 aromatic heterocycles. The van der Waals surface area contributed by atoms with E-state index in [2.05, 4.69) is 30.9 Å². The summed E-state index contributed by atoms with van der Waals surface area (Å²) in [6.07, 6.45) is 2.90. The number of hydrogen-bond donors (Lipinski definition) is 1. The fraction of sp³-hybridized carbons (Fsp3) is 0.900. The lowest BCUT2D eigenvalue weighted by molar-refractivity contribution is 0.274. The SMILES string of the molecule is CCSP(=S)(NC=NC(C)CC)OC(C)C. The number of hydrogen-bond acceptors (Lipinski definition) is 4. The van der Waals surface area contributed by atoms with E-state index in [0.29, 0.717) is 6.04 Å². The number of nitrogens with one attached hydrogen (secondary N) is 1. The van der Waals surface area contributed by atoms with Gasteiger partial charge in [0.2, 0.25) is 5.62 Å². The molecular formula is C10H23N2OPS2. The van der Waals surface area contributed by atoms with E-state index in [0.717, 1.165) is 12.2 Å². The molecule has 1 N–H and O–H groups in total. The molecule has 0 bridgehead atoms. The highest BCUT2D eigenvalue weighted by atomic mass is 32.9. The van der Waals surface area contributed by atoms with Crippen LogP contribution >= 0.6 is 17.0 Å². The molecule has 0 saturated carbocycles. The monoisotopic (exact) mass is 282 g/mol. The highest BCUT2D eigenvalue weighted by molar-refractivity contribution is 8.68. The Labute approximate surface area is 109 Å². The lowest BCUT2D eigenvalue weighted by Crippen LogP contribution is -2.13. The van der Waals surface area contributed by atoms with Crippen molar-refractivity contribution in [2.75, 3.05) is 5.75 Å². The molecule has 0 aliphatic rings. The van der Waals surface area contributed by atoms with Crippen molar-refractivity contribution >= 4 is 35.1 Å². The fourth-order valence-corrected chi connectivity index (χ4v) is 5.87. The minimum absolute atomic E-state index is 0.148. The second-order valence-corrected chi connectivity index (χ2v) is 10.6. The average molecular weight is 282 g/mol. The van der Waals surface area contributed by atoms with E-state index in [9.17, 15) is 0 Å². The van der Waals surface area contributed by atoms with Gasteiger partial charge in [-0.1, -0.05) is 25.2 Å². The number of aliphatic imine (C=N–C) groups is 1. The van der Waals surface area contributed by atoms with Crippen LogP contribution in [0.4, 0.5) is 0 Å². The lowest BCUT2D eigenvalue weighted by Gasteiger charge is -2.23. The molecule has 0 saturated heterocycles. The van der Waals surface area contributed by atoms with Crippen LogP contribution in [0.3, 0.4) is 0 Å². The van der Waals surface area contributed by atoms with Crippen molar-refractivity contribution in [3.05, 3.63) is 0 Å². The first kappa shape index (κ1) is 16.4. The second-order valence-electron chi connectivity index (χ2n) is 3.73. The van der Waals surface area contributed by atoms with Gasteiger partial charge in [0.1, 0.15) is 0 Å². The standard InChI is InChI=1S/C10H23N2OPS2/c1-6-10(5)11-8-12-14(15,16-7-2)13-9(3)4/h8-10H,6-7H2,1-5H3,(H,11,12,15). The number of nitrogens with zero attached hydrogens (tertiary/aromatic N) is 1. The summed E-state index contributed by atoms with van der Waals surface area (Å²) in [6.45, 7) is 10.3. The van der Waals surface area contributed by atoms with Gasteiger partial charge in [0.25, 0.3) is 0 Å². The van der Waals surface area contributed by atoms with Gasteiger partial charge in [-0.05, 0) is 44.8 Å². The van der Waals surface area contributed by atoms with Gasteiger partial charge in [0.15, 0.2) is 0 Å². The highest BCUT2D eigenvalue weighted by Crippen LogP contribution is 2.56. The van der Waals surface area contributed by atoms with Crippen LogP contribution in [0, 0.1) is 0 Å². The Bertz CT molecular complexity index is 259. The molecule has 0 heterocycles. The van der Waals surface area contributed by atoms with Crippen LogP contribution < -0.4 is 5.09 Å². The molecular weight excluding hydrogens is 259 g/mol. The predicted molar refractivity (Wildman–Crippen MR) is 80.0 cm³/mol. The Hall–Kier alpha value is 0.430. The van der Waals surface area contributed by atoms with Gasteiger partial charge in [-0.15, -0.1) is 0 Å². The second kappa shape index (κ2) is 8.51. The van der Waals surface area contributed by atoms with E-state index in [1.807, 2.05) is 13.8 Å². The summed E-state index contributed by atoms with van der Waals surface area (Å²) >= 11 is 7.18. The Balaban J connectivity index is 4.33. The minimum atomic E-state index is -1.99. The van der Waals surface area contributed by atoms with Crippen molar-refractivity contribution < 1.29 is 4.52 Å². The van der Waals surface area contributed by atoms with E-state index in [1.54, 1.807) is 17.7 Å². The van der Waals surface area contributed by atoms with E-state index in [1.165, 1.54) is 0 Å². The summed E-state index contributed by atoms with van der Waals surface area (Å²) in [7, 11) is 0. The van der Waals surface area contributed by atoms with E-state index >= 15 is 0 Å². The third-order valence-corrected chi connectivity index (χ3v) is 7.41. The molecule has 0 aromatic carbocycles. The average Bonchev–Trinajstić information content (AvgIpc) is 2.16.